The molecule has 13 heavy (non-hydrogen) atoms. The van der Waals surface area contributed by atoms with E-state index in [0.717, 1.165) is 19.3 Å². The molecule has 3 unspecified atom stereocenters. The van der Waals surface area contributed by atoms with Gasteiger partial charge in [-0.1, -0.05) is 12.8 Å². The van der Waals surface area contributed by atoms with Crippen molar-refractivity contribution in [1.29, 1.82) is 0 Å². The van der Waals surface area contributed by atoms with E-state index >= 15 is 0 Å². The molecule has 0 amide bonds. The van der Waals surface area contributed by atoms with Crippen molar-refractivity contribution in [2.75, 3.05) is 0 Å². The summed E-state index contributed by atoms with van der Waals surface area (Å²) in [4.78, 5) is 0. The van der Waals surface area contributed by atoms with E-state index in [1.807, 2.05) is 0 Å². The Morgan fingerprint density at radius 2 is 2.00 bits per heavy atom. The second-order valence-electron chi connectivity index (χ2n) is 4.09. The van der Waals surface area contributed by atoms with Gasteiger partial charge in [-0.05, 0) is 31.1 Å². The van der Waals surface area contributed by atoms with Crippen LogP contribution < -0.4 is 0 Å². The molecule has 0 aromatic carbocycles. The summed E-state index contributed by atoms with van der Waals surface area (Å²) < 4.78 is 34.2. The van der Waals surface area contributed by atoms with E-state index in [4.69, 9.17) is 4.55 Å². The Bertz CT molecular complexity index is 285. The quantitative estimate of drug-likeness (QED) is 0.693. The first kappa shape index (κ1) is 9.43. The average Bonchev–Trinajstić information content (AvgIpc) is 2.24. The molecule has 0 radical (unpaired) electrons. The molecule has 0 saturated heterocycles. The zero-order valence-electron chi connectivity index (χ0n) is 7.35. The van der Waals surface area contributed by atoms with E-state index in [9.17, 15) is 8.42 Å². The van der Waals surface area contributed by atoms with Gasteiger partial charge in [0.05, 0.1) is 6.10 Å². The van der Waals surface area contributed by atoms with Crippen LogP contribution in [-0.4, -0.2) is 19.1 Å². The molecule has 2 rings (SSSR count). The predicted molar refractivity (Wildman–Crippen MR) is 46.5 cm³/mol. The molecule has 2 fully saturated rings. The van der Waals surface area contributed by atoms with E-state index in [2.05, 4.69) is 4.18 Å². The number of hydrogen-bond donors (Lipinski definition) is 1. The third-order valence-corrected chi connectivity index (χ3v) is 3.65. The summed E-state index contributed by atoms with van der Waals surface area (Å²) in [5, 5.41) is 0. The summed E-state index contributed by atoms with van der Waals surface area (Å²) in [5.41, 5.74) is 0. The summed E-state index contributed by atoms with van der Waals surface area (Å²) >= 11 is 0. The first-order valence-electron chi connectivity index (χ1n) is 4.70. The zero-order chi connectivity index (χ0) is 9.47. The highest BCUT2D eigenvalue weighted by Gasteiger charge is 2.39. The molecular formula is C8H14O4S. The lowest BCUT2D eigenvalue weighted by Crippen LogP contribution is -2.21. The fourth-order valence-electron chi connectivity index (χ4n) is 2.68. The molecule has 1 N–H and O–H groups in total. The van der Waals surface area contributed by atoms with Crippen molar-refractivity contribution in [1.82, 2.24) is 0 Å². The van der Waals surface area contributed by atoms with Gasteiger partial charge in [-0.2, -0.15) is 8.42 Å². The summed E-state index contributed by atoms with van der Waals surface area (Å²) in [5.74, 6) is 0.964. The largest absolute Gasteiger partial charge is 0.397 e. The maximum atomic E-state index is 10.5. The highest BCUT2D eigenvalue weighted by atomic mass is 32.3. The van der Waals surface area contributed by atoms with Crippen LogP contribution in [0.5, 0.6) is 0 Å². The Balaban J connectivity index is 2.02. The van der Waals surface area contributed by atoms with Gasteiger partial charge < -0.3 is 0 Å². The third-order valence-electron chi connectivity index (χ3n) is 3.16. The Kier molecular flexibility index (Phi) is 2.33. The average molecular weight is 206 g/mol. The molecule has 2 aliphatic rings. The molecule has 2 aliphatic carbocycles. The summed E-state index contributed by atoms with van der Waals surface area (Å²) in [6, 6.07) is 0. The molecule has 2 bridgehead atoms. The van der Waals surface area contributed by atoms with Crippen LogP contribution in [0.4, 0.5) is 0 Å². The molecule has 3 atom stereocenters. The topological polar surface area (TPSA) is 63.6 Å². The van der Waals surface area contributed by atoms with Crippen LogP contribution in [0.15, 0.2) is 0 Å². The Morgan fingerprint density at radius 3 is 2.62 bits per heavy atom. The number of fused-ring (bicyclic) bond motifs is 2. The highest BCUT2D eigenvalue weighted by molar-refractivity contribution is 7.80. The van der Waals surface area contributed by atoms with Gasteiger partial charge in [0, 0.05) is 0 Å². The van der Waals surface area contributed by atoms with Gasteiger partial charge in [-0.15, -0.1) is 0 Å². The maximum absolute atomic E-state index is 10.5. The Labute approximate surface area is 78.2 Å². The summed E-state index contributed by atoms with van der Waals surface area (Å²) in [6.45, 7) is 0. The van der Waals surface area contributed by atoms with Crippen molar-refractivity contribution in [3.05, 3.63) is 0 Å². The maximum Gasteiger partial charge on any atom is 0.397 e. The fourth-order valence-corrected chi connectivity index (χ4v) is 3.23. The molecule has 0 aliphatic heterocycles. The molecule has 0 aromatic rings. The van der Waals surface area contributed by atoms with E-state index < -0.39 is 10.4 Å². The first-order chi connectivity index (χ1) is 6.04. The van der Waals surface area contributed by atoms with Crippen LogP contribution in [0.25, 0.3) is 0 Å². The van der Waals surface area contributed by atoms with Gasteiger partial charge in [0.25, 0.3) is 0 Å². The summed E-state index contributed by atoms with van der Waals surface area (Å²) in [7, 11) is -4.25. The summed E-state index contributed by atoms with van der Waals surface area (Å²) in [6.07, 6.45) is 4.99. The van der Waals surface area contributed by atoms with Crippen molar-refractivity contribution in [2.24, 2.45) is 11.8 Å². The second kappa shape index (κ2) is 3.22. The molecular weight excluding hydrogens is 192 g/mol. The lowest BCUT2D eigenvalue weighted by molar-refractivity contribution is 0.141. The van der Waals surface area contributed by atoms with Crippen LogP contribution in [0.3, 0.4) is 0 Å². The molecule has 5 heteroatoms. The Hall–Kier alpha value is -0.130. The van der Waals surface area contributed by atoms with E-state index in [-0.39, 0.29) is 6.10 Å². The van der Waals surface area contributed by atoms with Crippen LogP contribution >= 0.6 is 0 Å². The van der Waals surface area contributed by atoms with Crippen LogP contribution in [0.2, 0.25) is 0 Å². The van der Waals surface area contributed by atoms with E-state index in [1.54, 1.807) is 0 Å². The molecule has 4 nitrogen and oxygen atoms in total. The number of hydrogen-bond acceptors (Lipinski definition) is 3. The van der Waals surface area contributed by atoms with Crippen molar-refractivity contribution in [2.45, 2.75) is 38.2 Å². The van der Waals surface area contributed by atoms with Gasteiger partial charge in [-0.3, -0.25) is 4.55 Å². The van der Waals surface area contributed by atoms with Gasteiger partial charge in [0.2, 0.25) is 0 Å². The monoisotopic (exact) mass is 206 g/mol. The van der Waals surface area contributed by atoms with Gasteiger partial charge in [0.1, 0.15) is 0 Å². The van der Waals surface area contributed by atoms with Crippen LogP contribution in [0, 0.1) is 11.8 Å². The highest BCUT2D eigenvalue weighted by Crippen LogP contribution is 2.43. The smallest absolute Gasteiger partial charge is 0.264 e. The van der Waals surface area contributed by atoms with Crippen molar-refractivity contribution in [3.63, 3.8) is 0 Å². The van der Waals surface area contributed by atoms with Crippen molar-refractivity contribution >= 4 is 10.4 Å². The second-order valence-corrected chi connectivity index (χ2v) is 5.14. The lowest BCUT2D eigenvalue weighted by atomic mass is 9.89. The van der Waals surface area contributed by atoms with Gasteiger partial charge in [-0.25, -0.2) is 4.18 Å². The molecule has 2 saturated carbocycles. The molecule has 0 aromatic heterocycles. The van der Waals surface area contributed by atoms with E-state index in [1.165, 1.54) is 12.8 Å². The van der Waals surface area contributed by atoms with Crippen LogP contribution in [-0.2, 0) is 14.6 Å². The minimum atomic E-state index is -4.25. The standard InChI is InChI=1S/C8H14O4S/c9-13(10,11)12-8-5-6-2-1-3-7(8)4-6/h6-8H,1-5H2,(H,9,10,11). The number of rotatable bonds is 2. The zero-order valence-corrected chi connectivity index (χ0v) is 8.16. The molecule has 0 heterocycles. The van der Waals surface area contributed by atoms with Gasteiger partial charge in [0.15, 0.2) is 0 Å². The predicted octanol–water partition coefficient (Wildman–Crippen LogP) is 1.38. The van der Waals surface area contributed by atoms with Gasteiger partial charge >= 0.3 is 10.4 Å². The third kappa shape index (κ3) is 2.21. The minimum absolute atomic E-state index is 0.262. The normalized spacial score (nSPS) is 39.3. The van der Waals surface area contributed by atoms with Crippen molar-refractivity contribution in [3.8, 4) is 0 Å². The molecule has 0 spiro atoms. The molecule has 76 valence electrons. The lowest BCUT2D eigenvalue weighted by Gasteiger charge is -2.19. The fraction of sp³-hybridized carbons (Fsp3) is 1.00. The Morgan fingerprint density at radius 1 is 1.23 bits per heavy atom. The van der Waals surface area contributed by atoms with Crippen LogP contribution in [0.1, 0.15) is 32.1 Å². The van der Waals surface area contributed by atoms with Crippen molar-refractivity contribution < 1.29 is 17.2 Å². The SMILES string of the molecule is O=S(=O)(O)OC1CC2CCCC1C2. The van der Waals surface area contributed by atoms with E-state index in [0.29, 0.717) is 11.8 Å². The minimum Gasteiger partial charge on any atom is -0.264 e. The first-order valence-corrected chi connectivity index (χ1v) is 6.07.